The van der Waals surface area contributed by atoms with Crippen molar-refractivity contribution < 1.29 is 9.84 Å². The van der Waals surface area contributed by atoms with Crippen LogP contribution in [0.15, 0.2) is 69.8 Å². The van der Waals surface area contributed by atoms with Crippen molar-refractivity contribution >= 4 is 0 Å². The van der Waals surface area contributed by atoms with Gasteiger partial charge in [-0.1, -0.05) is 36.4 Å². The van der Waals surface area contributed by atoms with E-state index in [1.165, 1.54) is 13.9 Å². The van der Waals surface area contributed by atoms with Gasteiger partial charge in [-0.05, 0) is 37.1 Å². The molecule has 0 saturated carbocycles. The highest BCUT2D eigenvalue weighted by molar-refractivity contribution is 5.50. The first-order valence-electron chi connectivity index (χ1n) is 9.55. The predicted molar refractivity (Wildman–Crippen MR) is 108 cm³/mol. The molecule has 3 heterocycles. The second-order valence-corrected chi connectivity index (χ2v) is 7.96. The molecular formula is C22H21N3O4. The first kappa shape index (κ1) is 17.6. The van der Waals surface area contributed by atoms with Crippen LogP contribution in [0.5, 0.6) is 11.5 Å². The van der Waals surface area contributed by atoms with E-state index in [1.807, 2.05) is 50.3 Å². The third-order valence-corrected chi connectivity index (χ3v) is 5.70. The summed E-state index contributed by atoms with van der Waals surface area (Å²) >= 11 is 0. The van der Waals surface area contributed by atoms with Crippen molar-refractivity contribution in [2.24, 2.45) is 0 Å². The third kappa shape index (κ3) is 2.57. The molecule has 0 amide bonds. The van der Waals surface area contributed by atoms with Crippen LogP contribution >= 0.6 is 0 Å². The van der Waals surface area contributed by atoms with Gasteiger partial charge in [0, 0.05) is 11.6 Å². The van der Waals surface area contributed by atoms with E-state index in [1.54, 1.807) is 18.2 Å². The van der Waals surface area contributed by atoms with Crippen LogP contribution in [-0.2, 0) is 13.1 Å². The highest BCUT2D eigenvalue weighted by atomic mass is 16.5. The van der Waals surface area contributed by atoms with Crippen molar-refractivity contribution in [3.05, 3.63) is 92.3 Å². The number of allylic oxidation sites excluding steroid dienone is 1. The number of aromatic nitrogens is 3. The molecule has 7 nitrogen and oxygen atoms in total. The van der Waals surface area contributed by atoms with Gasteiger partial charge in [0.2, 0.25) is 0 Å². The molecule has 0 saturated heterocycles. The fraction of sp³-hybridized carbons (Fsp3) is 0.273. The molecular weight excluding hydrogens is 370 g/mol. The van der Waals surface area contributed by atoms with Gasteiger partial charge in [-0.15, -0.1) is 0 Å². The molecule has 2 aliphatic rings. The monoisotopic (exact) mass is 391 g/mol. The summed E-state index contributed by atoms with van der Waals surface area (Å²) in [4.78, 5) is 26.4. The molecule has 29 heavy (non-hydrogen) atoms. The summed E-state index contributed by atoms with van der Waals surface area (Å²) in [5.74, 6) is 0.606. The van der Waals surface area contributed by atoms with E-state index in [4.69, 9.17) is 4.74 Å². The van der Waals surface area contributed by atoms with E-state index in [0.29, 0.717) is 12.3 Å². The number of phenols is 1. The van der Waals surface area contributed by atoms with Crippen LogP contribution in [0.25, 0.3) is 0 Å². The number of aromatic hydroxyl groups is 1. The maximum atomic E-state index is 13.4. The molecule has 1 N–H and O–H groups in total. The van der Waals surface area contributed by atoms with E-state index in [0.717, 1.165) is 16.7 Å². The van der Waals surface area contributed by atoms with Gasteiger partial charge in [0.15, 0.2) is 0 Å². The summed E-state index contributed by atoms with van der Waals surface area (Å²) in [6.07, 6.45) is 1.97. The number of benzene rings is 2. The SMILES string of the molecule is CC1(C)Oc2cc(O)ccc2C2C1=CCn1c(=O)n(Cc3ccccc3)c(=O)n12. The third-order valence-electron chi connectivity index (χ3n) is 5.70. The van der Waals surface area contributed by atoms with Crippen molar-refractivity contribution in [3.63, 3.8) is 0 Å². The fourth-order valence-electron chi connectivity index (χ4n) is 4.33. The minimum absolute atomic E-state index is 0.0918. The first-order chi connectivity index (χ1) is 13.9. The van der Waals surface area contributed by atoms with Gasteiger partial charge >= 0.3 is 11.4 Å². The zero-order valence-corrected chi connectivity index (χ0v) is 16.2. The number of nitrogens with zero attached hydrogens (tertiary/aromatic N) is 3. The Morgan fingerprint density at radius 1 is 1.10 bits per heavy atom. The lowest BCUT2D eigenvalue weighted by Crippen LogP contribution is -2.46. The summed E-state index contributed by atoms with van der Waals surface area (Å²) in [5.41, 5.74) is 1.20. The Labute approximate surface area is 166 Å². The predicted octanol–water partition coefficient (Wildman–Crippen LogP) is 2.27. The summed E-state index contributed by atoms with van der Waals surface area (Å²) in [7, 11) is 0. The van der Waals surface area contributed by atoms with Crippen LogP contribution in [-0.4, -0.2) is 24.6 Å². The zero-order valence-electron chi connectivity index (χ0n) is 16.2. The second-order valence-electron chi connectivity index (χ2n) is 7.96. The van der Waals surface area contributed by atoms with Gasteiger partial charge in [0.1, 0.15) is 23.1 Å². The zero-order chi connectivity index (χ0) is 20.3. The average molecular weight is 391 g/mol. The van der Waals surface area contributed by atoms with E-state index in [-0.39, 0.29) is 23.7 Å². The van der Waals surface area contributed by atoms with Crippen molar-refractivity contribution in [1.29, 1.82) is 0 Å². The summed E-state index contributed by atoms with van der Waals surface area (Å²) < 4.78 is 10.4. The van der Waals surface area contributed by atoms with Crippen molar-refractivity contribution in [3.8, 4) is 11.5 Å². The molecule has 0 bridgehead atoms. The summed E-state index contributed by atoms with van der Waals surface area (Å²) in [6.45, 7) is 4.38. The lowest BCUT2D eigenvalue weighted by atomic mass is 9.83. The van der Waals surface area contributed by atoms with Gasteiger partial charge in [0.25, 0.3) is 0 Å². The Morgan fingerprint density at radius 2 is 1.86 bits per heavy atom. The number of rotatable bonds is 2. The van der Waals surface area contributed by atoms with Crippen molar-refractivity contribution in [2.75, 3.05) is 0 Å². The molecule has 0 aliphatic carbocycles. The molecule has 1 aromatic heterocycles. The lowest BCUT2D eigenvalue weighted by molar-refractivity contribution is 0.113. The molecule has 148 valence electrons. The molecule has 1 unspecified atom stereocenters. The molecule has 2 aromatic carbocycles. The highest BCUT2D eigenvalue weighted by Gasteiger charge is 2.43. The van der Waals surface area contributed by atoms with Crippen LogP contribution in [0, 0.1) is 0 Å². The minimum atomic E-state index is -0.673. The molecule has 7 heteroatoms. The Kier molecular flexibility index (Phi) is 3.65. The quantitative estimate of drug-likeness (QED) is 0.680. The average Bonchev–Trinajstić information content (AvgIpc) is 2.93. The lowest BCUT2D eigenvalue weighted by Gasteiger charge is -2.42. The Morgan fingerprint density at radius 3 is 2.62 bits per heavy atom. The maximum Gasteiger partial charge on any atom is 0.348 e. The van der Waals surface area contributed by atoms with E-state index in [2.05, 4.69) is 0 Å². The van der Waals surface area contributed by atoms with Crippen LogP contribution in [0.3, 0.4) is 0 Å². The molecule has 5 rings (SSSR count). The van der Waals surface area contributed by atoms with Gasteiger partial charge in [0.05, 0.1) is 13.1 Å². The molecule has 1 atom stereocenters. The topological polar surface area (TPSA) is 78.4 Å². The highest BCUT2D eigenvalue weighted by Crippen LogP contribution is 2.46. The standard InChI is InChI=1S/C22H21N3O4/c1-22(2)17-10-11-24-20(27)23(13-14-6-4-3-5-7-14)21(28)25(24)19(17)16-9-8-15(26)12-18(16)29-22/h3-10,12,19,26H,11,13H2,1-2H3. The molecule has 0 fully saturated rings. The second kappa shape index (κ2) is 6.01. The number of phenolic OH excluding ortho intramolecular Hbond substituents is 1. The normalized spacial score (nSPS) is 18.8. The van der Waals surface area contributed by atoms with E-state index < -0.39 is 11.6 Å². The number of hydrogen-bond donors (Lipinski definition) is 1. The smallest absolute Gasteiger partial charge is 0.348 e. The van der Waals surface area contributed by atoms with E-state index in [9.17, 15) is 14.7 Å². The van der Waals surface area contributed by atoms with Crippen LogP contribution < -0.4 is 16.1 Å². The van der Waals surface area contributed by atoms with Crippen molar-refractivity contribution in [1.82, 2.24) is 13.9 Å². The van der Waals surface area contributed by atoms with Gasteiger partial charge in [-0.25, -0.2) is 23.5 Å². The molecule has 0 spiro atoms. The van der Waals surface area contributed by atoms with Crippen LogP contribution in [0.2, 0.25) is 0 Å². The summed E-state index contributed by atoms with van der Waals surface area (Å²) in [6, 6.07) is 13.9. The van der Waals surface area contributed by atoms with Crippen molar-refractivity contribution in [2.45, 2.75) is 38.6 Å². The van der Waals surface area contributed by atoms with Crippen LogP contribution in [0.1, 0.15) is 31.0 Å². The number of ether oxygens (including phenoxy) is 1. The molecule has 2 aliphatic heterocycles. The Hall–Kier alpha value is -3.48. The van der Waals surface area contributed by atoms with Crippen LogP contribution in [0.4, 0.5) is 0 Å². The number of hydrogen-bond acceptors (Lipinski definition) is 4. The minimum Gasteiger partial charge on any atom is -0.508 e. The first-order valence-corrected chi connectivity index (χ1v) is 9.55. The maximum absolute atomic E-state index is 13.4. The summed E-state index contributed by atoms with van der Waals surface area (Å²) in [5, 5.41) is 9.89. The molecule has 0 radical (unpaired) electrons. The fourth-order valence-corrected chi connectivity index (χ4v) is 4.33. The molecule has 3 aromatic rings. The largest absolute Gasteiger partial charge is 0.508 e. The van der Waals surface area contributed by atoms with Gasteiger partial charge in [-0.2, -0.15) is 0 Å². The van der Waals surface area contributed by atoms with Gasteiger partial charge in [-0.3, -0.25) is 0 Å². The Bertz CT molecular complexity index is 1260. The Balaban J connectivity index is 1.72. The van der Waals surface area contributed by atoms with Gasteiger partial charge < -0.3 is 9.84 Å². The number of fused-ring (bicyclic) bond motifs is 5. The van der Waals surface area contributed by atoms with E-state index >= 15 is 0 Å².